The number of aromatic carboxylic acids is 1. The van der Waals surface area contributed by atoms with Gasteiger partial charge in [-0.3, -0.25) is 19.3 Å². The Hall–Kier alpha value is -3.07. The Labute approximate surface area is 213 Å². The number of hydrogen-bond acceptors (Lipinski definition) is 5. The van der Waals surface area contributed by atoms with Crippen molar-refractivity contribution >= 4 is 40.5 Å². The van der Waals surface area contributed by atoms with Gasteiger partial charge in [0.25, 0.3) is 5.56 Å². The summed E-state index contributed by atoms with van der Waals surface area (Å²) in [5.74, 6) is -1.91. The first-order valence-electron chi connectivity index (χ1n) is 10.7. The summed E-state index contributed by atoms with van der Waals surface area (Å²) in [6.07, 6.45) is 5.72. The summed E-state index contributed by atoms with van der Waals surface area (Å²) in [5, 5.41) is 11.3. The molecule has 0 unspecified atom stereocenters. The molecule has 4 heterocycles. The van der Waals surface area contributed by atoms with Crippen LogP contribution in [0.25, 0.3) is 16.9 Å². The minimum atomic E-state index is -1.34. The van der Waals surface area contributed by atoms with Crippen molar-refractivity contribution in [1.29, 1.82) is 0 Å². The highest BCUT2D eigenvalue weighted by atomic mass is 35.5. The first-order valence-corrected chi connectivity index (χ1v) is 12.3. The van der Waals surface area contributed by atoms with E-state index < -0.39 is 16.7 Å². The van der Waals surface area contributed by atoms with Crippen LogP contribution in [0.4, 0.5) is 4.39 Å². The number of pyridine rings is 3. The third-order valence-corrected chi connectivity index (χ3v) is 7.75. The first-order chi connectivity index (χ1) is 16.7. The van der Waals surface area contributed by atoms with Gasteiger partial charge in [-0.15, -0.1) is 11.3 Å². The largest absolute Gasteiger partial charge is 0.477 e. The number of carboxylic acids is 1. The quantitative estimate of drug-likeness (QED) is 0.323. The molecule has 2 atom stereocenters. The minimum absolute atomic E-state index is 0.0676. The molecule has 4 aromatic rings. The van der Waals surface area contributed by atoms with Crippen LogP contribution < -0.4 is 5.56 Å². The molecule has 0 aromatic carbocycles. The topological polar surface area (TPSA) is 85.1 Å². The van der Waals surface area contributed by atoms with Crippen molar-refractivity contribution < 1.29 is 14.3 Å². The predicted molar refractivity (Wildman–Crippen MR) is 134 cm³/mol. The molecule has 1 N–H and O–H groups in total. The molecule has 0 radical (unpaired) electrons. The molecular weight excluding hydrogens is 512 g/mol. The molecule has 6 nitrogen and oxygen atoms in total. The summed E-state index contributed by atoms with van der Waals surface area (Å²) < 4.78 is 16.1. The number of hydrogen-bond donors (Lipinski definition) is 1. The molecule has 0 aliphatic heterocycles. The van der Waals surface area contributed by atoms with Crippen molar-refractivity contribution in [3.8, 4) is 16.9 Å². The van der Waals surface area contributed by atoms with Crippen LogP contribution >= 0.6 is 34.5 Å². The van der Waals surface area contributed by atoms with Crippen LogP contribution in [0.5, 0.6) is 0 Å². The maximum Gasteiger partial charge on any atom is 0.348 e. The third kappa shape index (κ3) is 4.16. The lowest BCUT2D eigenvalue weighted by Crippen LogP contribution is -2.23. The molecule has 4 aromatic heterocycles. The molecule has 0 amide bonds. The molecule has 10 heteroatoms. The zero-order valence-corrected chi connectivity index (χ0v) is 20.9. The number of carbonyl (C=O) groups is 1. The number of aryl methyl sites for hydroxylation is 2. The van der Waals surface area contributed by atoms with Crippen LogP contribution in [0.1, 0.15) is 50.3 Å². The Kier molecular flexibility index (Phi) is 5.99. The summed E-state index contributed by atoms with van der Waals surface area (Å²) >= 11 is 13.5. The van der Waals surface area contributed by atoms with Crippen molar-refractivity contribution in [2.45, 2.75) is 32.1 Å². The number of nitrogens with zero attached hydrogens (tertiary/aromatic N) is 3. The van der Waals surface area contributed by atoms with Crippen molar-refractivity contribution in [1.82, 2.24) is 14.5 Å². The maximum atomic E-state index is 14.7. The fraction of sp³-hybridized carbons (Fsp3) is 0.200. The Bertz CT molecular complexity index is 1570. The van der Waals surface area contributed by atoms with E-state index in [0.29, 0.717) is 22.0 Å². The summed E-state index contributed by atoms with van der Waals surface area (Å²) in [7, 11) is 0. The normalized spacial score (nSPS) is 16.9. The third-order valence-electron chi connectivity index (χ3n) is 6.22. The fourth-order valence-corrected chi connectivity index (χ4v) is 5.64. The molecule has 1 aliphatic carbocycles. The standard InChI is InChI=1S/C25H18Cl2FN3O3S/c1-11-7-30-19(18-10-35-23(22(18)28)25(33)34)6-20(11)31-12(2)3-17(21(27)24(31)32)16-5-15(16)13-4-14(26)9-29-8-13/h3-4,6-10,15-16H,5H2,1-2H3,(H,33,34)/t15-,16+/m1/s1. The zero-order valence-electron chi connectivity index (χ0n) is 18.6. The van der Waals surface area contributed by atoms with Gasteiger partial charge in [0.15, 0.2) is 5.82 Å². The van der Waals surface area contributed by atoms with E-state index in [1.54, 1.807) is 25.4 Å². The number of halogens is 3. The smallest absolute Gasteiger partial charge is 0.348 e. The van der Waals surface area contributed by atoms with Gasteiger partial charge in [0.2, 0.25) is 0 Å². The van der Waals surface area contributed by atoms with Crippen LogP contribution in [-0.4, -0.2) is 25.6 Å². The number of carboxylic acid groups (broad SMARTS) is 1. The summed E-state index contributed by atoms with van der Waals surface area (Å²) in [4.78, 5) is 32.7. The van der Waals surface area contributed by atoms with E-state index in [1.807, 2.05) is 19.1 Å². The van der Waals surface area contributed by atoms with E-state index in [0.717, 1.165) is 28.9 Å². The number of aromatic nitrogens is 3. The molecule has 35 heavy (non-hydrogen) atoms. The second-order valence-corrected chi connectivity index (χ2v) is 10.2. The van der Waals surface area contributed by atoms with Crippen LogP contribution in [-0.2, 0) is 0 Å². The highest BCUT2D eigenvalue weighted by Crippen LogP contribution is 2.56. The lowest BCUT2D eigenvalue weighted by Gasteiger charge is -2.16. The fourth-order valence-electron chi connectivity index (χ4n) is 4.40. The molecule has 0 bridgehead atoms. The Morgan fingerprint density at radius 1 is 1.17 bits per heavy atom. The average Bonchev–Trinajstić information content (AvgIpc) is 3.52. The molecule has 1 fully saturated rings. The highest BCUT2D eigenvalue weighted by Gasteiger charge is 2.42. The van der Waals surface area contributed by atoms with Gasteiger partial charge in [-0.25, -0.2) is 9.18 Å². The van der Waals surface area contributed by atoms with E-state index >= 15 is 0 Å². The van der Waals surface area contributed by atoms with Crippen molar-refractivity contribution in [2.75, 3.05) is 0 Å². The SMILES string of the molecule is Cc1cnc(-c2csc(C(=O)O)c2F)cc1-n1c(C)cc([C@H]2C[C@@H]2c2cncc(Cl)c2)c(Cl)c1=O. The van der Waals surface area contributed by atoms with Crippen molar-refractivity contribution in [3.63, 3.8) is 0 Å². The van der Waals surface area contributed by atoms with Crippen LogP contribution in [0.2, 0.25) is 10.0 Å². The van der Waals surface area contributed by atoms with Crippen LogP contribution in [0, 0.1) is 19.7 Å². The van der Waals surface area contributed by atoms with Gasteiger partial charge in [0.05, 0.1) is 16.4 Å². The molecule has 0 spiro atoms. The lowest BCUT2D eigenvalue weighted by atomic mass is 10.0. The minimum Gasteiger partial charge on any atom is -0.477 e. The molecule has 178 valence electrons. The summed E-state index contributed by atoms with van der Waals surface area (Å²) in [6.45, 7) is 3.60. The van der Waals surface area contributed by atoms with Crippen LogP contribution in [0.3, 0.4) is 0 Å². The van der Waals surface area contributed by atoms with E-state index in [1.165, 1.54) is 16.1 Å². The van der Waals surface area contributed by atoms with Gasteiger partial charge < -0.3 is 5.11 Å². The predicted octanol–water partition coefficient (Wildman–Crippen LogP) is 6.39. The summed E-state index contributed by atoms with van der Waals surface area (Å²) in [6, 6.07) is 5.36. The van der Waals surface area contributed by atoms with Crippen LogP contribution in [0.15, 0.2) is 47.0 Å². The van der Waals surface area contributed by atoms with E-state index in [9.17, 15) is 14.0 Å². The molecule has 1 aliphatic rings. The van der Waals surface area contributed by atoms with E-state index in [-0.39, 0.29) is 33.7 Å². The molecule has 0 saturated heterocycles. The number of rotatable bonds is 5. The Morgan fingerprint density at radius 3 is 2.63 bits per heavy atom. The van der Waals surface area contributed by atoms with Gasteiger partial charge in [-0.2, -0.15) is 0 Å². The molecule has 5 rings (SSSR count). The Balaban J connectivity index is 1.55. The van der Waals surface area contributed by atoms with Gasteiger partial charge in [-0.05, 0) is 67.0 Å². The van der Waals surface area contributed by atoms with Gasteiger partial charge in [0.1, 0.15) is 9.90 Å². The number of thiophene rings is 1. The molecule has 1 saturated carbocycles. The van der Waals surface area contributed by atoms with Gasteiger partial charge in [-0.1, -0.05) is 23.2 Å². The molecular formula is C25H18Cl2FN3O3S. The van der Waals surface area contributed by atoms with E-state index in [2.05, 4.69) is 9.97 Å². The van der Waals surface area contributed by atoms with Gasteiger partial charge in [0, 0.05) is 35.2 Å². The van der Waals surface area contributed by atoms with Crippen molar-refractivity contribution in [2.24, 2.45) is 0 Å². The second-order valence-electron chi connectivity index (χ2n) is 8.53. The average molecular weight is 530 g/mol. The van der Waals surface area contributed by atoms with Gasteiger partial charge >= 0.3 is 5.97 Å². The monoisotopic (exact) mass is 529 g/mol. The zero-order chi connectivity index (χ0) is 25.0. The first kappa shape index (κ1) is 23.7. The Morgan fingerprint density at radius 2 is 1.94 bits per heavy atom. The maximum absolute atomic E-state index is 14.7. The summed E-state index contributed by atoms with van der Waals surface area (Å²) in [5.41, 5.74) is 3.55. The second kappa shape index (κ2) is 8.86. The highest BCUT2D eigenvalue weighted by molar-refractivity contribution is 7.12. The lowest BCUT2D eigenvalue weighted by molar-refractivity contribution is 0.0698. The van der Waals surface area contributed by atoms with E-state index in [4.69, 9.17) is 28.3 Å². The van der Waals surface area contributed by atoms with Crippen molar-refractivity contribution in [3.05, 3.63) is 95.6 Å².